The zero-order chi connectivity index (χ0) is 19.7. The smallest absolute Gasteiger partial charge is 0.159 e. The van der Waals surface area contributed by atoms with Crippen molar-refractivity contribution < 1.29 is 13.2 Å². The topological polar surface area (TPSA) is 0 Å². The molecule has 2 aliphatic carbocycles. The highest BCUT2D eigenvalue weighted by molar-refractivity contribution is 5.71. The van der Waals surface area contributed by atoms with E-state index < -0.39 is 11.6 Å². The highest BCUT2D eigenvalue weighted by Gasteiger charge is 2.23. The van der Waals surface area contributed by atoms with Crippen molar-refractivity contribution in [1.29, 1.82) is 0 Å². The first-order chi connectivity index (χ1) is 13.5. The van der Waals surface area contributed by atoms with Gasteiger partial charge < -0.3 is 0 Å². The molecule has 1 saturated carbocycles. The van der Waals surface area contributed by atoms with Crippen LogP contribution in [-0.4, -0.2) is 0 Å². The largest absolute Gasteiger partial charge is 0.206 e. The number of fused-ring (bicyclic) bond motifs is 1. The first kappa shape index (κ1) is 19.3. The van der Waals surface area contributed by atoms with Crippen LogP contribution < -0.4 is 0 Å². The van der Waals surface area contributed by atoms with Crippen LogP contribution in [0.5, 0.6) is 0 Å². The number of hydrogen-bond acceptors (Lipinski definition) is 0. The minimum absolute atomic E-state index is 0.203. The summed E-state index contributed by atoms with van der Waals surface area (Å²) in [6, 6.07) is 8.14. The van der Waals surface area contributed by atoms with Gasteiger partial charge in [0, 0.05) is 5.56 Å². The van der Waals surface area contributed by atoms with Gasteiger partial charge in [0.2, 0.25) is 0 Å². The molecule has 2 aromatic carbocycles. The molecule has 0 saturated heterocycles. The quantitative estimate of drug-likeness (QED) is 0.516. The van der Waals surface area contributed by atoms with Crippen LogP contribution in [0, 0.1) is 23.4 Å². The van der Waals surface area contributed by atoms with E-state index in [1.807, 2.05) is 12.1 Å². The summed E-state index contributed by atoms with van der Waals surface area (Å²) in [5, 5.41) is 0. The third-order valence-corrected chi connectivity index (χ3v) is 6.55. The number of rotatable bonds is 4. The van der Waals surface area contributed by atoms with Crippen LogP contribution >= 0.6 is 0 Å². The molecule has 28 heavy (non-hydrogen) atoms. The van der Waals surface area contributed by atoms with Crippen molar-refractivity contribution >= 4 is 5.57 Å². The van der Waals surface area contributed by atoms with Crippen LogP contribution in [0.4, 0.5) is 13.2 Å². The fourth-order valence-corrected chi connectivity index (χ4v) is 4.94. The van der Waals surface area contributed by atoms with Crippen LogP contribution in [0.2, 0.25) is 0 Å². The van der Waals surface area contributed by atoms with Crippen molar-refractivity contribution in [2.75, 3.05) is 0 Å². The molecule has 1 fully saturated rings. The molecule has 0 unspecified atom stereocenters. The second-order valence-electron chi connectivity index (χ2n) is 8.39. The van der Waals surface area contributed by atoms with Gasteiger partial charge in [0.15, 0.2) is 11.6 Å². The second-order valence-corrected chi connectivity index (χ2v) is 8.39. The lowest BCUT2D eigenvalue weighted by Gasteiger charge is -2.29. The Hall–Kier alpha value is -2.03. The molecule has 0 aliphatic heterocycles. The minimum atomic E-state index is -0.838. The average Bonchev–Trinajstić information content (AvgIpc) is 2.69. The van der Waals surface area contributed by atoms with E-state index in [-0.39, 0.29) is 5.82 Å². The standard InChI is InChI=1S/C25H27F3/c1-2-3-16-4-6-17(7-5-16)18-10-11-22(23(26)13-18)20-9-8-19-14-24(27)25(28)15-21(19)12-20/h9-11,13-17H,2-8,12H2,1H3. The van der Waals surface area contributed by atoms with Gasteiger partial charge in [-0.3, -0.25) is 0 Å². The average molecular weight is 384 g/mol. The maximum Gasteiger partial charge on any atom is 0.159 e. The van der Waals surface area contributed by atoms with Crippen LogP contribution in [0.3, 0.4) is 0 Å². The first-order valence-electron chi connectivity index (χ1n) is 10.5. The summed E-state index contributed by atoms with van der Waals surface area (Å²) >= 11 is 0. The van der Waals surface area contributed by atoms with Crippen LogP contribution in [0.15, 0.2) is 36.4 Å². The zero-order valence-corrected chi connectivity index (χ0v) is 16.4. The molecular formula is C25H27F3. The SMILES string of the molecule is CCCC1CCC(c2ccc(C3=CCc4cc(F)c(F)cc4C3)c(F)c2)CC1. The summed E-state index contributed by atoms with van der Waals surface area (Å²) < 4.78 is 41.9. The molecule has 0 aromatic heterocycles. The zero-order valence-electron chi connectivity index (χ0n) is 16.4. The Morgan fingerprint density at radius 1 is 0.857 bits per heavy atom. The van der Waals surface area contributed by atoms with Gasteiger partial charge in [-0.15, -0.1) is 0 Å². The van der Waals surface area contributed by atoms with Crippen LogP contribution in [-0.2, 0) is 12.8 Å². The number of halogens is 3. The maximum absolute atomic E-state index is 14.9. The van der Waals surface area contributed by atoms with Crippen molar-refractivity contribution in [1.82, 2.24) is 0 Å². The summed E-state index contributed by atoms with van der Waals surface area (Å²) in [6.07, 6.45) is 10.2. The molecule has 148 valence electrons. The Balaban J connectivity index is 1.50. The number of benzene rings is 2. The molecule has 0 N–H and O–H groups in total. The Labute approximate surface area is 165 Å². The molecule has 2 aromatic rings. The van der Waals surface area contributed by atoms with Gasteiger partial charge in [0.25, 0.3) is 0 Å². The lowest BCUT2D eigenvalue weighted by molar-refractivity contribution is 0.308. The summed E-state index contributed by atoms with van der Waals surface area (Å²) in [5.41, 5.74) is 4.06. The van der Waals surface area contributed by atoms with E-state index >= 15 is 0 Å². The predicted octanol–water partition coefficient (Wildman–Crippen LogP) is 7.36. The normalized spacial score (nSPS) is 21.9. The molecule has 0 heterocycles. The predicted molar refractivity (Wildman–Crippen MR) is 108 cm³/mol. The van der Waals surface area contributed by atoms with Gasteiger partial charge in [-0.2, -0.15) is 0 Å². The van der Waals surface area contributed by atoms with E-state index in [1.165, 1.54) is 37.8 Å². The van der Waals surface area contributed by atoms with E-state index in [0.717, 1.165) is 41.0 Å². The van der Waals surface area contributed by atoms with Gasteiger partial charge in [-0.05, 0) is 90.8 Å². The van der Waals surface area contributed by atoms with E-state index in [2.05, 4.69) is 13.0 Å². The van der Waals surface area contributed by atoms with Gasteiger partial charge in [0.05, 0.1) is 0 Å². The second kappa shape index (κ2) is 8.14. The third-order valence-electron chi connectivity index (χ3n) is 6.55. The monoisotopic (exact) mass is 384 g/mol. The molecular weight excluding hydrogens is 357 g/mol. The molecule has 3 heteroatoms. The van der Waals surface area contributed by atoms with E-state index in [1.54, 1.807) is 6.07 Å². The molecule has 0 amide bonds. The van der Waals surface area contributed by atoms with E-state index in [9.17, 15) is 13.2 Å². The fourth-order valence-electron chi connectivity index (χ4n) is 4.94. The maximum atomic E-state index is 14.9. The first-order valence-corrected chi connectivity index (χ1v) is 10.5. The fraction of sp³-hybridized carbons (Fsp3) is 0.440. The summed E-state index contributed by atoms with van der Waals surface area (Å²) in [7, 11) is 0. The molecule has 0 radical (unpaired) electrons. The molecule has 4 rings (SSSR count). The van der Waals surface area contributed by atoms with Crippen molar-refractivity contribution in [2.45, 2.75) is 64.2 Å². The van der Waals surface area contributed by atoms with Gasteiger partial charge in [0.1, 0.15) is 5.82 Å². The van der Waals surface area contributed by atoms with Crippen LogP contribution in [0.1, 0.15) is 73.6 Å². The van der Waals surface area contributed by atoms with Gasteiger partial charge in [-0.1, -0.05) is 38.0 Å². The van der Waals surface area contributed by atoms with Crippen LogP contribution in [0.25, 0.3) is 5.57 Å². The summed E-state index contributed by atoms with van der Waals surface area (Å²) in [5.74, 6) is -0.572. The number of allylic oxidation sites excluding steroid dienone is 2. The highest BCUT2D eigenvalue weighted by atomic mass is 19.2. The molecule has 0 atom stereocenters. The van der Waals surface area contributed by atoms with E-state index in [4.69, 9.17) is 0 Å². The molecule has 0 spiro atoms. The molecule has 0 bridgehead atoms. The minimum Gasteiger partial charge on any atom is -0.206 e. The van der Waals surface area contributed by atoms with Gasteiger partial charge in [-0.25, -0.2) is 13.2 Å². The van der Waals surface area contributed by atoms with Crippen molar-refractivity contribution in [3.63, 3.8) is 0 Å². The molecule has 0 nitrogen and oxygen atoms in total. The van der Waals surface area contributed by atoms with Gasteiger partial charge >= 0.3 is 0 Å². The third kappa shape index (κ3) is 3.90. The lowest BCUT2D eigenvalue weighted by atomic mass is 9.77. The van der Waals surface area contributed by atoms with E-state index in [0.29, 0.717) is 24.3 Å². The molecule has 2 aliphatic rings. The van der Waals surface area contributed by atoms with Crippen molar-refractivity contribution in [3.8, 4) is 0 Å². The van der Waals surface area contributed by atoms with Crippen molar-refractivity contribution in [3.05, 3.63) is 76.1 Å². The number of hydrogen-bond donors (Lipinski definition) is 0. The summed E-state index contributed by atoms with van der Waals surface area (Å²) in [6.45, 7) is 2.24. The Morgan fingerprint density at radius 2 is 1.57 bits per heavy atom. The Bertz CT molecular complexity index is 889. The lowest BCUT2D eigenvalue weighted by Crippen LogP contribution is -2.13. The summed E-state index contributed by atoms with van der Waals surface area (Å²) in [4.78, 5) is 0. The van der Waals surface area contributed by atoms with Crippen molar-refractivity contribution in [2.24, 2.45) is 5.92 Å². The Kier molecular flexibility index (Phi) is 5.61. The highest BCUT2D eigenvalue weighted by Crippen LogP contribution is 2.39. The Morgan fingerprint density at radius 3 is 2.25 bits per heavy atom.